The molecule has 2 atom stereocenters. The number of anilines is 2. The van der Waals surface area contributed by atoms with E-state index in [1.165, 1.54) is 0 Å². The van der Waals surface area contributed by atoms with Gasteiger partial charge < -0.3 is 10.6 Å². The van der Waals surface area contributed by atoms with Crippen molar-refractivity contribution in [1.82, 2.24) is 29.2 Å². The summed E-state index contributed by atoms with van der Waals surface area (Å²) in [5, 5.41) is 17.9. The molecule has 0 unspecified atom stereocenters. The second-order valence-electron chi connectivity index (χ2n) is 8.12. The minimum Gasteiger partial charge on any atom is -0.367 e. The molecule has 2 N–H and O–H groups in total. The summed E-state index contributed by atoms with van der Waals surface area (Å²) in [5.74, 6) is 0.334. The first kappa shape index (κ1) is 22.2. The highest BCUT2D eigenvalue weighted by molar-refractivity contribution is 5.52. The molecule has 1 aliphatic rings. The van der Waals surface area contributed by atoms with Gasteiger partial charge in [-0.1, -0.05) is 6.07 Å². The van der Waals surface area contributed by atoms with Gasteiger partial charge in [0, 0.05) is 30.4 Å². The molecule has 0 saturated heterocycles. The van der Waals surface area contributed by atoms with E-state index in [0.717, 1.165) is 17.4 Å². The highest BCUT2D eigenvalue weighted by atomic mass is 19.4. The lowest BCUT2D eigenvalue weighted by molar-refractivity contribution is -0.142. The van der Waals surface area contributed by atoms with Crippen LogP contribution < -0.4 is 10.6 Å². The first-order chi connectivity index (χ1) is 16.1. The van der Waals surface area contributed by atoms with Gasteiger partial charge in [-0.2, -0.15) is 36.0 Å². The van der Waals surface area contributed by atoms with Gasteiger partial charge in [-0.05, 0) is 37.8 Å². The highest BCUT2D eigenvalue weighted by Gasteiger charge is 2.37. The van der Waals surface area contributed by atoms with Crippen LogP contribution in [0.4, 0.5) is 38.1 Å². The van der Waals surface area contributed by atoms with Gasteiger partial charge in [-0.15, -0.1) is 10.2 Å². The highest BCUT2D eigenvalue weighted by Crippen LogP contribution is 2.34. The van der Waals surface area contributed by atoms with Crippen molar-refractivity contribution in [3.05, 3.63) is 47.9 Å². The topological polar surface area (TPSA) is 84.4 Å². The Kier molecular flexibility index (Phi) is 5.24. The number of nitrogens with one attached hydrogen (secondary N) is 2. The van der Waals surface area contributed by atoms with Gasteiger partial charge in [0.05, 0.1) is 0 Å². The maximum atomic E-state index is 13.3. The molecule has 0 spiro atoms. The Bertz CT molecular complexity index is 1320. The van der Waals surface area contributed by atoms with Gasteiger partial charge in [0.25, 0.3) is 0 Å². The number of pyridine rings is 1. The van der Waals surface area contributed by atoms with Crippen LogP contribution in [0, 0.1) is 0 Å². The van der Waals surface area contributed by atoms with E-state index in [1.807, 2.05) is 12.1 Å². The molecular weight excluding hydrogens is 466 g/mol. The molecule has 4 heterocycles. The summed E-state index contributed by atoms with van der Waals surface area (Å²) in [6, 6.07) is 6.27. The molecule has 1 fully saturated rings. The largest absolute Gasteiger partial charge is 0.435 e. The van der Waals surface area contributed by atoms with E-state index in [2.05, 4.69) is 30.9 Å². The number of rotatable bonds is 4. The fourth-order valence-electron chi connectivity index (χ4n) is 4.14. The van der Waals surface area contributed by atoms with Gasteiger partial charge in [0.2, 0.25) is 5.95 Å². The van der Waals surface area contributed by atoms with E-state index < -0.39 is 29.4 Å². The van der Waals surface area contributed by atoms with Crippen LogP contribution in [-0.2, 0) is 12.4 Å². The first-order valence-electron chi connectivity index (χ1n) is 10.5. The molecule has 4 aromatic rings. The van der Waals surface area contributed by atoms with Gasteiger partial charge in [0.1, 0.15) is 5.82 Å². The molecule has 0 bridgehead atoms. The fraction of sp³-hybridized carbons (Fsp3) is 0.400. The van der Waals surface area contributed by atoms with E-state index in [1.54, 1.807) is 16.7 Å². The van der Waals surface area contributed by atoms with Crippen LogP contribution in [0.2, 0.25) is 0 Å². The minimum absolute atomic E-state index is 0.0679. The standard InChI is InChI=1S/C20H18F6N8/c21-19(22,23)13-9-16(34-17(29-13)10-14(32-34)20(24,25)26)27-11-4-3-5-12(8-11)28-18-31-30-15-6-1-2-7-33(15)18/h1-2,6-7,9-12,27H,3-5,8H2,(H,28,31)/t11-,12+/m0/s1. The average Bonchev–Trinajstić information content (AvgIpc) is 3.38. The number of halogens is 6. The molecular formula is C20H18F6N8. The molecule has 5 rings (SSSR count). The summed E-state index contributed by atoms with van der Waals surface area (Å²) in [7, 11) is 0. The van der Waals surface area contributed by atoms with Crippen molar-refractivity contribution in [3.63, 3.8) is 0 Å². The second kappa shape index (κ2) is 8.02. The zero-order valence-corrected chi connectivity index (χ0v) is 17.4. The normalized spacial score (nSPS) is 19.6. The monoisotopic (exact) mass is 484 g/mol. The van der Waals surface area contributed by atoms with Crippen LogP contribution >= 0.6 is 0 Å². The van der Waals surface area contributed by atoms with E-state index in [9.17, 15) is 26.3 Å². The average molecular weight is 484 g/mol. The number of hydrogen-bond acceptors (Lipinski definition) is 6. The zero-order chi connectivity index (χ0) is 24.1. The van der Waals surface area contributed by atoms with E-state index >= 15 is 0 Å². The molecule has 0 radical (unpaired) electrons. The molecule has 0 amide bonds. The van der Waals surface area contributed by atoms with Crippen molar-refractivity contribution in [2.24, 2.45) is 0 Å². The lowest BCUT2D eigenvalue weighted by Crippen LogP contribution is -2.35. The van der Waals surface area contributed by atoms with Crippen LogP contribution in [0.1, 0.15) is 37.1 Å². The number of fused-ring (bicyclic) bond motifs is 2. The van der Waals surface area contributed by atoms with E-state index in [4.69, 9.17) is 0 Å². The number of nitrogens with zero attached hydrogens (tertiary/aromatic N) is 6. The molecule has 1 saturated carbocycles. The third-order valence-electron chi connectivity index (χ3n) is 5.68. The van der Waals surface area contributed by atoms with Gasteiger partial charge in [0.15, 0.2) is 22.7 Å². The molecule has 180 valence electrons. The van der Waals surface area contributed by atoms with Crippen molar-refractivity contribution in [2.45, 2.75) is 50.1 Å². The summed E-state index contributed by atoms with van der Waals surface area (Å²) in [5.41, 5.74) is -2.49. The molecule has 1 aliphatic carbocycles. The molecule has 0 aromatic carbocycles. The maximum Gasteiger partial charge on any atom is 0.435 e. The summed E-state index contributed by atoms with van der Waals surface area (Å²) in [6.45, 7) is 0. The van der Waals surface area contributed by atoms with Crippen molar-refractivity contribution < 1.29 is 26.3 Å². The van der Waals surface area contributed by atoms with Crippen molar-refractivity contribution in [2.75, 3.05) is 10.6 Å². The smallest absolute Gasteiger partial charge is 0.367 e. The first-order valence-corrected chi connectivity index (χ1v) is 10.5. The summed E-state index contributed by atoms with van der Waals surface area (Å²) >= 11 is 0. The Morgan fingerprint density at radius 1 is 0.853 bits per heavy atom. The van der Waals surface area contributed by atoms with Crippen LogP contribution in [-0.4, -0.2) is 41.3 Å². The lowest BCUT2D eigenvalue weighted by atomic mass is 9.91. The minimum atomic E-state index is -4.83. The number of alkyl halides is 6. The predicted molar refractivity (Wildman–Crippen MR) is 109 cm³/mol. The number of hydrogen-bond donors (Lipinski definition) is 2. The van der Waals surface area contributed by atoms with Gasteiger partial charge >= 0.3 is 12.4 Å². The van der Waals surface area contributed by atoms with Gasteiger partial charge in [-0.3, -0.25) is 4.40 Å². The summed E-state index contributed by atoms with van der Waals surface area (Å²) < 4.78 is 82.0. The fourth-order valence-corrected chi connectivity index (χ4v) is 4.14. The Morgan fingerprint density at radius 3 is 2.32 bits per heavy atom. The summed E-state index contributed by atoms with van der Waals surface area (Å²) in [4.78, 5) is 3.33. The van der Waals surface area contributed by atoms with Crippen LogP contribution in [0.5, 0.6) is 0 Å². The van der Waals surface area contributed by atoms with E-state index in [0.29, 0.717) is 36.6 Å². The van der Waals surface area contributed by atoms with Crippen LogP contribution in [0.25, 0.3) is 11.3 Å². The van der Waals surface area contributed by atoms with Crippen LogP contribution in [0.15, 0.2) is 36.5 Å². The summed E-state index contributed by atoms with van der Waals surface area (Å²) in [6.07, 6.45) is -5.18. The Labute approximate surface area is 188 Å². The third kappa shape index (κ3) is 4.31. The predicted octanol–water partition coefficient (Wildman–Crippen LogP) is 4.64. The third-order valence-corrected chi connectivity index (χ3v) is 5.68. The van der Waals surface area contributed by atoms with Crippen molar-refractivity contribution in [1.29, 1.82) is 0 Å². The molecule has 4 aromatic heterocycles. The second-order valence-corrected chi connectivity index (χ2v) is 8.12. The molecule has 0 aliphatic heterocycles. The molecule has 14 heteroatoms. The Hall–Kier alpha value is -3.58. The van der Waals surface area contributed by atoms with Crippen molar-refractivity contribution >= 4 is 23.1 Å². The Morgan fingerprint density at radius 2 is 1.59 bits per heavy atom. The zero-order valence-electron chi connectivity index (χ0n) is 17.4. The Balaban J connectivity index is 1.40. The number of aromatic nitrogens is 6. The lowest BCUT2D eigenvalue weighted by Gasteiger charge is -2.31. The quantitative estimate of drug-likeness (QED) is 0.411. The molecule has 34 heavy (non-hydrogen) atoms. The van der Waals surface area contributed by atoms with E-state index in [-0.39, 0.29) is 17.9 Å². The van der Waals surface area contributed by atoms with Crippen LogP contribution in [0.3, 0.4) is 0 Å². The van der Waals surface area contributed by atoms with Gasteiger partial charge in [-0.25, -0.2) is 4.98 Å². The van der Waals surface area contributed by atoms with Crippen molar-refractivity contribution in [3.8, 4) is 0 Å². The SMILES string of the molecule is FC(F)(F)c1cc(N[C@H]2CCC[C@@H](Nc3nnc4ccccn34)C2)n2nc(C(F)(F)F)cc2n1. The molecule has 8 nitrogen and oxygen atoms in total. The maximum absolute atomic E-state index is 13.3.